The third-order valence-electron chi connectivity index (χ3n) is 1.97. The van der Waals surface area contributed by atoms with Crippen molar-refractivity contribution in [1.82, 2.24) is 0 Å². The summed E-state index contributed by atoms with van der Waals surface area (Å²) < 4.78 is 21.5. The highest BCUT2D eigenvalue weighted by Crippen LogP contribution is 2.31. The molecule has 0 heterocycles. The van der Waals surface area contributed by atoms with Crippen LogP contribution in [0.15, 0.2) is 0 Å². The van der Waals surface area contributed by atoms with Crippen molar-refractivity contribution in [3.05, 3.63) is 0 Å². The summed E-state index contributed by atoms with van der Waals surface area (Å²) >= 11 is 0. The van der Waals surface area contributed by atoms with E-state index in [0.717, 1.165) is 0 Å². The number of hydrogen-bond donors (Lipinski definition) is 0. The summed E-state index contributed by atoms with van der Waals surface area (Å²) in [6.45, 7) is 0. The van der Waals surface area contributed by atoms with Crippen molar-refractivity contribution in [2.24, 2.45) is 5.92 Å². The van der Waals surface area contributed by atoms with E-state index in [1.54, 1.807) is 0 Å². The molecule has 2 atom stereocenters. The summed E-state index contributed by atoms with van der Waals surface area (Å²) in [4.78, 5) is 0. The van der Waals surface area contributed by atoms with Crippen LogP contribution in [0.1, 0.15) is 19.3 Å². The summed E-state index contributed by atoms with van der Waals surface area (Å²) in [5, 5.41) is 7.97. The maximum atomic E-state index is 10.8. The minimum absolute atomic E-state index is 0.117. The Balaban J connectivity index is 2.64. The molecule has 0 spiro atoms. The fourth-order valence-electron chi connectivity index (χ4n) is 1.31. The van der Waals surface area contributed by atoms with Gasteiger partial charge in [0.25, 0.3) is 0 Å². The summed E-state index contributed by atoms with van der Waals surface area (Å²) in [5.74, 6) is -0.117. The lowest BCUT2D eigenvalue weighted by molar-refractivity contribution is 0.592. The molecule has 1 saturated carbocycles. The van der Waals surface area contributed by atoms with E-state index in [1.165, 1.54) is 0 Å². The lowest BCUT2D eigenvalue weighted by Gasteiger charge is -2.01. The van der Waals surface area contributed by atoms with Crippen LogP contribution in [0.25, 0.3) is 0 Å². The highest BCUT2D eigenvalue weighted by Gasteiger charge is 2.32. The molecule has 0 N–H and O–H groups in total. The fourth-order valence-corrected chi connectivity index (χ4v) is 2.68. The average Bonchev–Trinajstić information content (AvgIpc) is 2.32. The maximum absolute atomic E-state index is 10.8. The molecule has 0 aromatic heterocycles. The number of nitriles is 1. The third kappa shape index (κ3) is 2.08. The van der Waals surface area contributed by atoms with Crippen LogP contribution in [0.5, 0.6) is 0 Å². The average molecular weight is 194 g/mol. The molecule has 1 fully saturated rings. The Morgan fingerprint density at radius 3 is 2.36 bits per heavy atom. The molecule has 0 bridgehead atoms. The number of nitrogens with zero attached hydrogens (tertiary/aromatic N) is 1. The largest absolute Gasteiger partial charge is 0.235 e. The van der Waals surface area contributed by atoms with Gasteiger partial charge >= 0.3 is 0 Å². The van der Waals surface area contributed by atoms with Gasteiger partial charge in [0.1, 0.15) is 0 Å². The molecular weight excluding hydrogens is 186 g/mol. The number of hydrogen-bond acceptors (Lipinski definition) is 3. The molecule has 0 aromatic rings. The smallest absolute Gasteiger partial charge is 0.212 e. The van der Waals surface area contributed by atoms with Crippen molar-refractivity contribution in [3.63, 3.8) is 0 Å². The van der Waals surface area contributed by atoms with Crippen LogP contribution in [0.3, 0.4) is 0 Å². The van der Waals surface area contributed by atoms with Gasteiger partial charge in [-0.25, -0.2) is 8.42 Å². The van der Waals surface area contributed by atoms with Crippen LogP contribution in [0, 0.1) is 17.2 Å². The van der Waals surface area contributed by atoms with Gasteiger partial charge in [-0.15, -0.1) is 0 Å². The van der Waals surface area contributed by atoms with Gasteiger partial charge in [-0.3, -0.25) is 0 Å². The highest BCUT2D eigenvalue weighted by molar-refractivity contribution is 8.14. The summed E-state index contributed by atoms with van der Waals surface area (Å²) in [6.07, 6.45) is 1.60. The molecule has 62 valence electrons. The first-order valence-corrected chi connectivity index (χ1v) is 5.74. The second-order valence-corrected chi connectivity index (χ2v) is 5.64. The van der Waals surface area contributed by atoms with Crippen molar-refractivity contribution < 1.29 is 8.42 Å². The molecule has 1 aliphatic carbocycles. The summed E-state index contributed by atoms with van der Waals surface area (Å²) in [7, 11) is 1.70. The molecule has 0 aliphatic heterocycles. The predicted octanol–water partition coefficient (Wildman–Crippen LogP) is 1.25. The molecular formula is C6H8ClNO2S. The summed E-state index contributed by atoms with van der Waals surface area (Å²) in [6, 6.07) is 2.04. The van der Waals surface area contributed by atoms with E-state index in [1.807, 2.05) is 6.07 Å². The summed E-state index contributed by atoms with van der Waals surface area (Å²) in [5.41, 5.74) is 0. The molecule has 5 heteroatoms. The van der Waals surface area contributed by atoms with E-state index in [4.69, 9.17) is 15.9 Å². The Hall–Kier alpha value is -0.270. The van der Waals surface area contributed by atoms with E-state index < -0.39 is 14.3 Å². The molecule has 1 aliphatic rings. The van der Waals surface area contributed by atoms with Crippen molar-refractivity contribution in [3.8, 4) is 6.07 Å². The molecule has 3 nitrogen and oxygen atoms in total. The molecule has 11 heavy (non-hydrogen) atoms. The van der Waals surface area contributed by atoms with E-state index in [0.29, 0.717) is 19.3 Å². The minimum Gasteiger partial charge on any atom is -0.212 e. The van der Waals surface area contributed by atoms with E-state index in [-0.39, 0.29) is 5.92 Å². The van der Waals surface area contributed by atoms with Gasteiger partial charge in [-0.2, -0.15) is 5.26 Å². The highest BCUT2D eigenvalue weighted by atomic mass is 35.7. The van der Waals surface area contributed by atoms with Gasteiger partial charge in [0, 0.05) is 16.6 Å². The van der Waals surface area contributed by atoms with E-state index in [2.05, 4.69) is 0 Å². The third-order valence-corrected chi connectivity index (χ3v) is 3.95. The zero-order valence-electron chi connectivity index (χ0n) is 5.83. The SMILES string of the molecule is N#CC1CCC(S(=O)(=O)Cl)C1. The Kier molecular flexibility index (Phi) is 2.40. The predicted molar refractivity (Wildman–Crippen MR) is 41.5 cm³/mol. The fraction of sp³-hybridized carbons (Fsp3) is 0.833. The topological polar surface area (TPSA) is 57.9 Å². The van der Waals surface area contributed by atoms with Gasteiger partial charge in [-0.1, -0.05) is 0 Å². The van der Waals surface area contributed by atoms with Crippen LogP contribution < -0.4 is 0 Å². The number of halogens is 1. The Labute approximate surface area is 70.4 Å². The first kappa shape index (κ1) is 8.82. The zero-order valence-corrected chi connectivity index (χ0v) is 7.40. The van der Waals surface area contributed by atoms with Crippen molar-refractivity contribution >= 4 is 19.7 Å². The van der Waals surface area contributed by atoms with Gasteiger partial charge in [0.15, 0.2) is 0 Å². The standard InChI is InChI=1S/C6H8ClNO2S/c7-11(9,10)6-2-1-5(3-6)4-8/h5-6H,1-3H2. The Bertz CT molecular complexity index is 279. The second-order valence-electron chi connectivity index (χ2n) is 2.74. The van der Waals surface area contributed by atoms with Crippen molar-refractivity contribution in [1.29, 1.82) is 5.26 Å². The van der Waals surface area contributed by atoms with E-state index >= 15 is 0 Å². The molecule has 1 rings (SSSR count). The maximum Gasteiger partial charge on any atom is 0.235 e. The Morgan fingerprint density at radius 2 is 2.09 bits per heavy atom. The number of rotatable bonds is 1. The van der Waals surface area contributed by atoms with Crippen molar-refractivity contribution in [2.45, 2.75) is 24.5 Å². The van der Waals surface area contributed by atoms with Crippen LogP contribution in [0.2, 0.25) is 0 Å². The van der Waals surface area contributed by atoms with Gasteiger partial charge in [0.2, 0.25) is 9.05 Å². The first-order chi connectivity index (χ1) is 5.04. The second kappa shape index (κ2) is 3.00. The molecule has 0 aromatic carbocycles. The lowest BCUT2D eigenvalue weighted by Crippen LogP contribution is -2.11. The first-order valence-electron chi connectivity index (χ1n) is 3.37. The van der Waals surface area contributed by atoms with Crippen LogP contribution in [-0.2, 0) is 9.05 Å². The molecule has 0 radical (unpaired) electrons. The van der Waals surface area contributed by atoms with Crippen molar-refractivity contribution in [2.75, 3.05) is 0 Å². The quantitative estimate of drug-likeness (QED) is 0.589. The van der Waals surface area contributed by atoms with E-state index in [9.17, 15) is 8.42 Å². The molecule has 0 saturated heterocycles. The van der Waals surface area contributed by atoms with Gasteiger partial charge < -0.3 is 0 Å². The van der Waals surface area contributed by atoms with Gasteiger partial charge in [-0.05, 0) is 19.3 Å². The molecule has 2 unspecified atom stereocenters. The van der Waals surface area contributed by atoms with Crippen LogP contribution >= 0.6 is 10.7 Å². The van der Waals surface area contributed by atoms with Gasteiger partial charge in [0.05, 0.1) is 11.3 Å². The molecule has 0 amide bonds. The minimum atomic E-state index is -3.42. The normalized spacial score (nSPS) is 31.6. The lowest BCUT2D eigenvalue weighted by atomic mass is 10.1. The van der Waals surface area contributed by atoms with Crippen LogP contribution in [0.4, 0.5) is 0 Å². The Morgan fingerprint density at radius 1 is 1.45 bits per heavy atom. The van der Waals surface area contributed by atoms with Crippen LogP contribution in [-0.4, -0.2) is 13.7 Å². The zero-order chi connectivity index (χ0) is 8.48. The monoisotopic (exact) mass is 193 g/mol.